The molecule has 2 amide bonds. The Kier molecular flexibility index (Phi) is 4.86. The van der Waals surface area contributed by atoms with Gasteiger partial charge in [-0.1, -0.05) is 0 Å². The number of nitrogens with one attached hydrogen (secondary N) is 4. The second kappa shape index (κ2) is 7.50. The number of hydrogen-bond donors (Lipinski definition) is 4. The molecule has 1 saturated carbocycles. The Balaban J connectivity index is 1.46. The van der Waals surface area contributed by atoms with E-state index in [-0.39, 0.29) is 29.2 Å². The van der Waals surface area contributed by atoms with Crippen molar-refractivity contribution in [1.29, 1.82) is 0 Å². The molecule has 1 aliphatic carbocycles. The van der Waals surface area contributed by atoms with Crippen LogP contribution in [0.5, 0.6) is 5.75 Å². The second-order valence-corrected chi connectivity index (χ2v) is 7.13. The van der Waals surface area contributed by atoms with Gasteiger partial charge in [0, 0.05) is 30.7 Å². The third-order valence-corrected chi connectivity index (χ3v) is 5.25. The highest BCUT2D eigenvalue weighted by molar-refractivity contribution is 6.05. The topological polar surface area (TPSA) is 151 Å². The Morgan fingerprint density at radius 1 is 1.17 bits per heavy atom. The molecule has 1 fully saturated rings. The molecule has 2 aromatic heterocycles. The second-order valence-electron chi connectivity index (χ2n) is 7.13. The van der Waals surface area contributed by atoms with Crippen molar-refractivity contribution >= 4 is 22.7 Å². The van der Waals surface area contributed by atoms with E-state index in [1.807, 2.05) is 0 Å². The predicted molar refractivity (Wildman–Crippen MR) is 107 cm³/mol. The Hall–Kier alpha value is -3.89. The van der Waals surface area contributed by atoms with Gasteiger partial charge >= 0.3 is 5.69 Å². The molecule has 4 N–H and O–H groups in total. The van der Waals surface area contributed by atoms with E-state index in [0.717, 1.165) is 4.57 Å². The third kappa shape index (κ3) is 3.45. The normalized spacial score (nSPS) is 17.9. The van der Waals surface area contributed by atoms with E-state index in [1.54, 1.807) is 18.2 Å². The van der Waals surface area contributed by atoms with Crippen molar-refractivity contribution in [3.8, 4) is 5.75 Å². The number of aromatic nitrogens is 4. The first-order chi connectivity index (χ1) is 14.4. The van der Waals surface area contributed by atoms with Gasteiger partial charge in [0.05, 0.1) is 12.6 Å². The summed E-state index contributed by atoms with van der Waals surface area (Å²) >= 11 is 0. The van der Waals surface area contributed by atoms with Crippen molar-refractivity contribution < 1.29 is 14.3 Å². The molecule has 1 aromatic carbocycles. The van der Waals surface area contributed by atoms with Crippen molar-refractivity contribution in [3.63, 3.8) is 0 Å². The average Bonchev–Trinajstić information content (AvgIpc) is 3.14. The van der Waals surface area contributed by atoms with Crippen LogP contribution in [-0.4, -0.2) is 50.8 Å². The Labute approximate surface area is 169 Å². The molecular weight excluding hydrogens is 392 g/mol. The fourth-order valence-electron chi connectivity index (χ4n) is 3.35. The summed E-state index contributed by atoms with van der Waals surface area (Å²) < 4.78 is 6.32. The summed E-state index contributed by atoms with van der Waals surface area (Å²) in [6.07, 6.45) is 2.51. The van der Waals surface area contributed by atoms with Gasteiger partial charge in [-0.3, -0.25) is 24.5 Å². The third-order valence-electron chi connectivity index (χ3n) is 5.25. The number of methoxy groups -OCH3 is 1. The van der Waals surface area contributed by atoms with Gasteiger partial charge in [-0.15, -0.1) is 0 Å². The van der Waals surface area contributed by atoms with Crippen LogP contribution in [0.3, 0.4) is 0 Å². The van der Waals surface area contributed by atoms with Crippen LogP contribution in [0.1, 0.15) is 33.7 Å². The van der Waals surface area contributed by atoms with Crippen molar-refractivity contribution in [3.05, 3.63) is 56.5 Å². The lowest BCUT2D eigenvalue weighted by molar-refractivity contribution is 0.0826. The van der Waals surface area contributed by atoms with Gasteiger partial charge in [-0.2, -0.15) is 5.10 Å². The number of benzene rings is 1. The van der Waals surface area contributed by atoms with E-state index in [4.69, 9.17) is 4.74 Å². The van der Waals surface area contributed by atoms with Crippen molar-refractivity contribution in [2.45, 2.75) is 24.9 Å². The monoisotopic (exact) mass is 412 g/mol. The lowest BCUT2D eigenvalue weighted by Gasteiger charge is -2.37. The first-order valence-corrected chi connectivity index (χ1v) is 9.31. The zero-order chi connectivity index (χ0) is 21.4. The highest BCUT2D eigenvalue weighted by Crippen LogP contribution is 2.24. The number of ether oxygens (including phenoxy) is 1. The summed E-state index contributed by atoms with van der Waals surface area (Å²) in [6, 6.07) is 4.62. The quantitative estimate of drug-likeness (QED) is 0.450. The first kappa shape index (κ1) is 19.4. The van der Waals surface area contributed by atoms with Crippen molar-refractivity contribution in [2.24, 2.45) is 7.05 Å². The zero-order valence-corrected chi connectivity index (χ0v) is 16.3. The highest BCUT2D eigenvalue weighted by atomic mass is 16.5. The van der Waals surface area contributed by atoms with Crippen LogP contribution in [0, 0.1) is 0 Å². The van der Waals surface area contributed by atoms with Crippen LogP contribution in [0.15, 0.2) is 34.0 Å². The molecule has 30 heavy (non-hydrogen) atoms. The van der Waals surface area contributed by atoms with Gasteiger partial charge in [0.1, 0.15) is 11.3 Å². The molecule has 0 spiro atoms. The molecule has 3 aromatic rings. The molecule has 4 rings (SSSR count). The van der Waals surface area contributed by atoms with Crippen LogP contribution in [0.4, 0.5) is 0 Å². The van der Waals surface area contributed by atoms with Gasteiger partial charge in [-0.05, 0) is 31.0 Å². The van der Waals surface area contributed by atoms with E-state index < -0.39 is 17.2 Å². The fraction of sp³-hybridized carbons (Fsp3) is 0.316. The summed E-state index contributed by atoms with van der Waals surface area (Å²) in [4.78, 5) is 50.6. The number of hydrogen-bond acceptors (Lipinski definition) is 6. The average molecular weight is 412 g/mol. The van der Waals surface area contributed by atoms with Crippen LogP contribution in [0.2, 0.25) is 0 Å². The van der Waals surface area contributed by atoms with Crippen LogP contribution in [-0.2, 0) is 7.05 Å². The minimum Gasteiger partial charge on any atom is -0.497 e. The lowest BCUT2D eigenvalue weighted by atomic mass is 9.86. The van der Waals surface area contributed by atoms with Gasteiger partial charge in [-0.25, -0.2) is 4.79 Å². The van der Waals surface area contributed by atoms with Crippen LogP contribution in [0.25, 0.3) is 10.9 Å². The van der Waals surface area contributed by atoms with E-state index in [1.165, 1.54) is 20.4 Å². The largest absolute Gasteiger partial charge is 0.497 e. The number of aryl methyl sites for hydroxylation is 1. The minimum atomic E-state index is -0.757. The summed E-state index contributed by atoms with van der Waals surface area (Å²) in [6.45, 7) is 0. The summed E-state index contributed by atoms with van der Waals surface area (Å²) in [5.41, 5.74) is -0.594. The standard InChI is InChI=1S/C19H20N6O5/c1-25-8-11(17(27)22-19(25)29)16(26)20-13-5-6-14(13)21-18(28)15-10-7-9(30-2)3-4-12(10)23-24-15/h3-4,7-8,13-14H,5-6H2,1-2H3,(H,20,26)(H,21,28)(H,23,24)(H,22,27,29)/t13-,14-/m1/s1. The molecule has 1 aliphatic rings. The molecule has 11 heteroatoms. The van der Waals surface area contributed by atoms with Gasteiger partial charge in [0.15, 0.2) is 5.69 Å². The summed E-state index contributed by atoms with van der Waals surface area (Å²) in [5.74, 6) is -0.377. The lowest BCUT2D eigenvalue weighted by Crippen LogP contribution is -2.58. The fourth-order valence-corrected chi connectivity index (χ4v) is 3.35. The van der Waals surface area contributed by atoms with E-state index in [2.05, 4.69) is 25.8 Å². The van der Waals surface area contributed by atoms with Gasteiger partial charge in [0.25, 0.3) is 17.4 Å². The van der Waals surface area contributed by atoms with Gasteiger partial charge in [0.2, 0.25) is 0 Å². The first-order valence-electron chi connectivity index (χ1n) is 9.31. The summed E-state index contributed by atoms with van der Waals surface area (Å²) in [7, 11) is 2.98. The van der Waals surface area contributed by atoms with E-state index in [9.17, 15) is 19.2 Å². The number of amides is 2. The van der Waals surface area contributed by atoms with Crippen molar-refractivity contribution in [1.82, 2.24) is 30.4 Å². The van der Waals surface area contributed by atoms with E-state index in [0.29, 0.717) is 29.5 Å². The maximum Gasteiger partial charge on any atom is 0.328 e. The molecule has 0 saturated heterocycles. The number of carbonyl (C=O) groups excluding carboxylic acids is 2. The smallest absolute Gasteiger partial charge is 0.328 e. The molecule has 2 heterocycles. The van der Waals surface area contributed by atoms with Crippen molar-refractivity contribution in [2.75, 3.05) is 7.11 Å². The number of H-pyrrole nitrogens is 2. The Morgan fingerprint density at radius 3 is 2.53 bits per heavy atom. The number of nitrogens with zero attached hydrogens (tertiary/aromatic N) is 2. The maximum atomic E-state index is 12.7. The predicted octanol–water partition coefficient (Wildman–Crippen LogP) is -0.351. The molecular formula is C19H20N6O5. The van der Waals surface area contributed by atoms with E-state index >= 15 is 0 Å². The number of aromatic amines is 2. The molecule has 0 aliphatic heterocycles. The van der Waals surface area contributed by atoms with Crippen LogP contribution < -0.4 is 26.6 Å². The molecule has 11 nitrogen and oxygen atoms in total. The molecule has 156 valence electrons. The SMILES string of the molecule is COc1ccc2[nH]nc(C(=O)N[C@@H]3CC[C@H]3NC(=O)c3cn(C)c(=O)[nH]c3=O)c2c1. The molecule has 2 atom stereocenters. The number of carbonyl (C=O) groups is 2. The molecule has 0 bridgehead atoms. The van der Waals surface area contributed by atoms with Crippen LogP contribution >= 0.6 is 0 Å². The minimum absolute atomic E-state index is 0.167. The Morgan fingerprint density at radius 2 is 1.87 bits per heavy atom. The summed E-state index contributed by atoms with van der Waals surface area (Å²) in [5, 5.41) is 13.1. The maximum absolute atomic E-state index is 12.7. The molecule has 0 unspecified atom stereocenters. The Bertz CT molecular complexity index is 1260. The number of fused-ring (bicyclic) bond motifs is 1. The van der Waals surface area contributed by atoms with Gasteiger partial charge < -0.3 is 19.9 Å². The zero-order valence-electron chi connectivity index (χ0n) is 16.3. The number of rotatable bonds is 5. The highest BCUT2D eigenvalue weighted by Gasteiger charge is 2.34. The molecule has 0 radical (unpaired) electrons.